The molecule has 1 aromatic carbocycles. The van der Waals surface area contributed by atoms with Gasteiger partial charge in [-0.3, -0.25) is 0 Å². The number of hydrogen-bond acceptors (Lipinski definition) is 6. The van der Waals surface area contributed by atoms with Crippen LogP contribution in [-0.2, 0) is 10.1 Å². The Labute approximate surface area is 151 Å². The van der Waals surface area contributed by atoms with E-state index in [0.29, 0.717) is 5.65 Å². The number of benzene rings is 1. The molecule has 3 aromatic rings. The summed E-state index contributed by atoms with van der Waals surface area (Å²) in [6.45, 7) is 0.0334. The molecule has 1 fully saturated rings. The first-order valence-electron chi connectivity index (χ1n) is 8.17. The summed E-state index contributed by atoms with van der Waals surface area (Å²) in [6.07, 6.45) is 3.11. The molecule has 25 heavy (non-hydrogen) atoms. The van der Waals surface area contributed by atoms with Gasteiger partial charge in [-0.2, -0.15) is 0 Å². The molecule has 0 saturated carbocycles. The van der Waals surface area contributed by atoms with Crippen LogP contribution in [0.1, 0.15) is 24.6 Å². The molecular formula is C17H19N5O2Se. The molecule has 0 radical (unpaired) electrons. The zero-order chi connectivity index (χ0) is 17.2. The third-order valence-corrected chi connectivity index (χ3v) is 6.40. The van der Waals surface area contributed by atoms with Crippen LogP contribution in [0.3, 0.4) is 0 Å². The number of aliphatic hydroxyl groups excluding tert-OH is 1. The molecule has 0 bridgehead atoms. The quantitative estimate of drug-likeness (QED) is 0.605. The van der Waals surface area contributed by atoms with E-state index in [9.17, 15) is 5.11 Å². The Bertz CT molecular complexity index is 870. The molecule has 0 amide bonds. The third kappa shape index (κ3) is 3.39. The number of nitrogens with zero attached hydrogens (tertiary/aromatic N) is 4. The van der Waals surface area contributed by atoms with E-state index < -0.39 is 0 Å². The SMILES string of the molecule is Nc1nc([Se]Cc2ccccc2)c2ncn([C@H]3CC[C@@H](CO)O3)c2n1. The summed E-state index contributed by atoms with van der Waals surface area (Å²) in [5, 5.41) is 10.2. The number of aliphatic hydroxyl groups is 1. The normalized spacial score (nSPS) is 20.4. The minimum atomic E-state index is -0.161. The van der Waals surface area contributed by atoms with Crippen LogP contribution in [0.25, 0.3) is 11.2 Å². The molecule has 1 saturated heterocycles. The van der Waals surface area contributed by atoms with E-state index in [1.807, 2.05) is 22.8 Å². The van der Waals surface area contributed by atoms with Crippen LogP contribution < -0.4 is 10.3 Å². The Kier molecular flexibility index (Phi) is 4.67. The van der Waals surface area contributed by atoms with Gasteiger partial charge < -0.3 is 0 Å². The number of aromatic nitrogens is 4. The molecule has 0 unspecified atom stereocenters. The van der Waals surface area contributed by atoms with Gasteiger partial charge in [0.25, 0.3) is 0 Å². The predicted molar refractivity (Wildman–Crippen MR) is 95.5 cm³/mol. The molecule has 2 atom stereocenters. The van der Waals surface area contributed by atoms with Crippen molar-refractivity contribution in [3.63, 3.8) is 0 Å². The molecule has 8 heteroatoms. The van der Waals surface area contributed by atoms with Crippen LogP contribution >= 0.6 is 0 Å². The van der Waals surface area contributed by atoms with Crippen molar-refractivity contribution in [2.45, 2.75) is 30.5 Å². The summed E-state index contributed by atoms with van der Waals surface area (Å²) >= 11 is 0.111. The number of imidazole rings is 1. The summed E-state index contributed by atoms with van der Waals surface area (Å²) in [5.41, 5.74) is 8.72. The number of rotatable bonds is 5. The zero-order valence-corrected chi connectivity index (χ0v) is 15.3. The Morgan fingerprint density at radius 2 is 2.08 bits per heavy atom. The number of nitrogen functional groups attached to an aromatic ring is 1. The van der Waals surface area contributed by atoms with Crippen molar-refractivity contribution >= 4 is 36.7 Å². The molecule has 1 aliphatic heterocycles. The van der Waals surface area contributed by atoms with E-state index in [1.54, 1.807) is 6.33 Å². The Hall–Kier alpha value is -1.99. The molecule has 130 valence electrons. The molecule has 0 aliphatic carbocycles. The Balaban J connectivity index is 1.62. The van der Waals surface area contributed by atoms with Gasteiger partial charge in [0, 0.05) is 0 Å². The fourth-order valence-corrected chi connectivity index (χ4v) is 4.93. The number of anilines is 1. The second-order valence-corrected chi connectivity index (χ2v) is 7.98. The molecule has 1 aliphatic rings. The van der Waals surface area contributed by atoms with Crippen LogP contribution in [0.4, 0.5) is 5.95 Å². The van der Waals surface area contributed by atoms with Gasteiger partial charge in [-0.15, -0.1) is 0 Å². The first kappa shape index (κ1) is 16.5. The number of fused-ring (bicyclic) bond motifs is 1. The summed E-state index contributed by atoms with van der Waals surface area (Å²) in [6, 6.07) is 10.3. The summed E-state index contributed by atoms with van der Waals surface area (Å²) in [5.74, 6) is 0.260. The van der Waals surface area contributed by atoms with E-state index in [-0.39, 0.29) is 39.8 Å². The van der Waals surface area contributed by atoms with Gasteiger partial charge >= 0.3 is 151 Å². The monoisotopic (exact) mass is 405 g/mol. The topological polar surface area (TPSA) is 99.1 Å². The van der Waals surface area contributed by atoms with Crippen molar-refractivity contribution in [3.8, 4) is 0 Å². The van der Waals surface area contributed by atoms with Crippen molar-refractivity contribution in [1.82, 2.24) is 19.5 Å². The number of nitrogens with two attached hydrogens (primary N) is 1. The summed E-state index contributed by atoms with van der Waals surface area (Å²) in [7, 11) is 0. The van der Waals surface area contributed by atoms with Gasteiger partial charge in [-0.05, 0) is 0 Å². The van der Waals surface area contributed by atoms with Crippen LogP contribution in [0.2, 0.25) is 0 Å². The maximum absolute atomic E-state index is 9.27. The second-order valence-electron chi connectivity index (χ2n) is 5.96. The van der Waals surface area contributed by atoms with E-state index in [1.165, 1.54) is 5.56 Å². The predicted octanol–water partition coefficient (Wildman–Crippen LogP) is 0.608. The average molecular weight is 404 g/mol. The average Bonchev–Trinajstić information content (AvgIpc) is 3.26. The van der Waals surface area contributed by atoms with Crippen molar-refractivity contribution in [2.75, 3.05) is 12.3 Å². The first-order valence-corrected chi connectivity index (χ1v) is 10.2. The van der Waals surface area contributed by atoms with Crippen LogP contribution in [0, 0.1) is 0 Å². The second kappa shape index (κ2) is 7.09. The molecule has 4 rings (SSSR count). The number of ether oxygens (including phenoxy) is 1. The van der Waals surface area contributed by atoms with Crippen LogP contribution in [-0.4, -0.2) is 52.3 Å². The van der Waals surface area contributed by atoms with Crippen LogP contribution in [0.15, 0.2) is 36.7 Å². The molecule has 0 spiro atoms. The standard InChI is InChI=1S/C17H19N5O2Se/c18-17-20-15-14(16(21-17)25-9-11-4-2-1-3-5-11)19-10-22(15)13-7-6-12(8-23)24-13/h1-5,10,12-13,23H,6-9H2,(H2,18,20,21)/t12-,13+/m0/s1. The summed E-state index contributed by atoms with van der Waals surface area (Å²) in [4.78, 5) is 13.3. The van der Waals surface area contributed by atoms with Crippen molar-refractivity contribution in [2.24, 2.45) is 0 Å². The van der Waals surface area contributed by atoms with Crippen molar-refractivity contribution in [3.05, 3.63) is 42.2 Å². The summed E-state index contributed by atoms with van der Waals surface area (Å²) < 4.78 is 8.67. The number of hydrogen-bond donors (Lipinski definition) is 2. The molecule has 2 aromatic heterocycles. The van der Waals surface area contributed by atoms with Gasteiger partial charge in [0.1, 0.15) is 0 Å². The van der Waals surface area contributed by atoms with E-state index in [2.05, 4.69) is 27.1 Å². The Morgan fingerprint density at radius 3 is 2.84 bits per heavy atom. The molecule has 7 nitrogen and oxygen atoms in total. The fraction of sp³-hybridized carbons (Fsp3) is 0.353. The minimum absolute atomic E-state index is 0.0334. The van der Waals surface area contributed by atoms with Gasteiger partial charge in [0.15, 0.2) is 0 Å². The molecule has 3 heterocycles. The van der Waals surface area contributed by atoms with Gasteiger partial charge in [-0.25, -0.2) is 0 Å². The maximum atomic E-state index is 9.27. The van der Waals surface area contributed by atoms with Crippen LogP contribution in [0.5, 0.6) is 0 Å². The fourth-order valence-electron chi connectivity index (χ4n) is 2.97. The molecule has 3 N–H and O–H groups in total. The van der Waals surface area contributed by atoms with E-state index in [0.717, 1.165) is 28.3 Å². The van der Waals surface area contributed by atoms with Crippen molar-refractivity contribution < 1.29 is 9.84 Å². The van der Waals surface area contributed by atoms with Crippen molar-refractivity contribution in [1.29, 1.82) is 0 Å². The molecular weight excluding hydrogens is 385 g/mol. The third-order valence-electron chi connectivity index (χ3n) is 4.22. The van der Waals surface area contributed by atoms with E-state index in [4.69, 9.17) is 10.5 Å². The zero-order valence-electron chi connectivity index (χ0n) is 13.6. The van der Waals surface area contributed by atoms with E-state index >= 15 is 0 Å². The van der Waals surface area contributed by atoms with Gasteiger partial charge in [0.05, 0.1) is 0 Å². The first-order chi connectivity index (χ1) is 12.2. The Morgan fingerprint density at radius 1 is 1.24 bits per heavy atom. The van der Waals surface area contributed by atoms with Gasteiger partial charge in [-0.1, -0.05) is 0 Å². The van der Waals surface area contributed by atoms with Gasteiger partial charge in [0.2, 0.25) is 0 Å².